The molecule has 0 saturated heterocycles. The fraction of sp³-hybridized carbons (Fsp3) is 0.0526. The normalized spacial score (nSPS) is 11.0. The second-order valence-electron chi connectivity index (χ2n) is 10.4. The number of anilines is 1. The van der Waals surface area contributed by atoms with Crippen LogP contribution in [0.3, 0.4) is 0 Å². The average molecular weight is 608 g/mol. The molecule has 6 rings (SSSR count). The predicted molar refractivity (Wildman–Crippen MR) is 179 cm³/mol. The lowest BCUT2D eigenvalue weighted by molar-refractivity contribution is 0.102. The minimum Gasteiger partial charge on any atom is -0.493 e. The summed E-state index contributed by atoms with van der Waals surface area (Å²) < 4.78 is 10.6. The van der Waals surface area contributed by atoms with Crippen LogP contribution in [-0.4, -0.2) is 41.7 Å². The summed E-state index contributed by atoms with van der Waals surface area (Å²) in [4.78, 5) is 47.1. The molecule has 0 aliphatic heterocycles. The zero-order valence-electron chi connectivity index (χ0n) is 25.1. The first-order valence-corrected chi connectivity index (χ1v) is 14.5. The van der Waals surface area contributed by atoms with Crippen LogP contribution in [0.25, 0.3) is 28.5 Å². The maximum Gasteiger partial charge on any atom is 0.256 e. The number of allylic oxidation sites excluding steroid dienone is 1. The Morgan fingerprint density at radius 1 is 0.717 bits per heavy atom. The van der Waals surface area contributed by atoms with Crippen molar-refractivity contribution in [3.05, 3.63) is 149 Å². The first-order chi connectivity index (χ1) is 22.4. The average Bonchev–Trinajstić information content (AvgIpc) is 3.54. The van der Waals surface area contributed by atoms with Crippen LogP contribution in [-0.2, 0) is 0 Å². The number of aromatic nitrogens is 2. The molecule has 0 spiro atoms. The smallest absolute Gasteiger partial charge is 0.256 e. The van der Waals surface area contributed by atoms with Gasteiger partial charge in [0, 0.05) is 27.9 Å². The number of imidazole rings is 1. The number of rotatable bonds is 10. The van der Waals surface area contributed by atoms with Crippen LogP contribution < -0.4 is 14.8 Å². The topological polar surface area (TPSA) is 110 Å². The van der Waals surface area contributed by atoms with Crippen LogP contribution >= 0.6 is 0 Å². The lowest BCUT2D eigenvalue weighted by Crippen LogP contribution is -2.13. The Morgan fingerprint density at radius 3 is 2.20 bits per heavy atom. The van der Waals surface area contributed by atoms with Crippen molar-refractivity contribution in [3.63, 3.8) is 0 Å². The van der Waals surface area contributed by atoms with Crippen molar-refractivity contribution in [2.45, 2.75) is 0 Å². The number of amides is 1. The molecule has 1 heterocycles. The summed E-state index contributed by atoms with van der Waals surface area (Å²) in [5, 5.41) is 2.91. The molecule has 0 fully saturated rings. The molecule has 0 saturated carbocycles. The molecule has 1 amide bonds. The number of benzene rings is 5. The molecule has 1 aromatic heterocycles. The van der Waals surface area contributed by atoms with Gasteiger partial charge >= 0.3 is 0 Å². The first kappa shape index (κ1) is 29.8. The quantitative estimate of drug-likeness (QED) is 0.122. The number of carbonyl (C=O) groups excluding carboxylic acids is 3. The Hall–Kier alpha value is -6.28. The van der Waals surface area contributed by atoms with Crippen molar-refractivity contribution in [3.8, 4) is 22.9 Å². The third-order valence-corrected chi connectivity index (χ3v) is 7.47. The van der Waals surface area contributed by atoms with E-state index >= 15 is 0 Å². The molecule has 0 unspecified atom stereocenters. The number of nitrogens with zero attached hydrogens (tertiary/aromatic N) is 1. The van der Waals surface area contributed by atoms with E-state index < -0.39 is 0 Å². The Morgan fingerprint density at radius 2 is 1.43 bits per heavy atom. The molecule has 5 aromatic carbocycles. The largest absolute Gasteiger partial charge is 0.493 e. The molecular formula is C38H29N3O5. The van der Waals surface area contributed by atoms with E-state index in [9.17, 15) is 14.4 Å². The molecule has 0 bridgehead atoms. The number of fused-ring (bicyclic) bond motifs is 1. The number of hydrogen-bond acceptors (Lipinski definition) is 6. The van der Waals surface area contributed by atoms with Gasteiger partial charge in [0.25, 0.3) is 5.91 Å². The second kappa shape index (κ2) is 13.2. The van der Waals surface area contributed by atoms with Crippen LogP contribution in [0.15, 0.2) is 121 Å². The summed E-state index contributed by atoms with van der Waals surface area (Å²) in [5.41, 5.74) is 5.34. The minimum atomic E-state index is -0.330. The van der Waals surface area contributed by atoms with Crippen molar-refractivity contribution in [1.29, 1.82) is 0 Å². The van der Waals surface area contributed by atoms with Crippen LogP contribution in [0.4, 0.5) is 5.69 Å². The van der Waals surface area contributed by atoms with Gasteiger partial charge in [-0.2, -0.15) is 0 Å². The van der Waals surface area contributed by atoms with Gasteiger partial charge in [0.15, 0.2) is 23.1 Å². The monoisotopic (exact) mass is 607 g/mol. The number of methoxy groups -OCH3 is 2. The van der Waals surface area contributed by atoms with Crippen molar-refractivity contribution in [1.82, 2.24) is 9.97 Å². The molecule has 226 valence electrons. The van der Waals surface area contributed by atoms with E-state index in [1.54, 1.807) is 99.2 Å². The molecule has 2 N–H and O–H groups in total. The van der Waals surface area contributed by atoms with Gasteiger partial charge in [-0.05, 0) is 72.3 Å². The van der Waals surface area contributed by atoms with Crippen molar-refractivity contribution in [2.75, 3.05) is 19.5 Å². The molecule has 0 aliphatic rings. The van der Waals surface area contributed by atoms with Gasteiger partial charge in [0.05, 0.1) is 30.8 Å². The molecule has 8 heteroatoms. The number of H-pyrrole nitrogens is 1. The van der Waals surface area contributed by atoms with Gasteiger partial charge in [-0.3, -0.25) is 14.4 Å². The zero-order chi connectivity index (χ0) is 32.0. The standard InChI is InChI=1S/C38H29N3O5/c1-45-34-21-13-24(22-35(34)46-2)12-20-33(42)25-14-17-28(18-15-25)39-38(44)30-11-7-6-10-29(30)37-40-31-19-16-27(23-32(31)41-37)36(43)26-8-4-3-5-9-26/h3-23H,1-2H3,(H,39,44)(H,40,41)/b20-12+. The summed E-state index contributed by atoms with van der Waals surface area (Å²) in [6.07, 6.45) is 3.19. The second-order valence-corrected chi connectivity index (χ2v) is 10.4. The summed E-state index contributed by atoms with van der Waals surface area (Å²) >= 11 is 0. The lowest BCUT2D eigenvalue weighted by Gasteiger charge is -2.09. The lowest BCUT2D eigenvalue weighted by atomic mass is 10.0. The van der Waals surface area contributed by atoms with Gasteiger partial charge < -0.3 is 19.8 Å². The van der Waals surface area contributed by atoms with Gasteiger partial charge in [0.2, 0.25) is 0 Å². The highest BCUT2D eigenvalue weighted by molar-refractivity contribution is 6.11. The Labute approximate surface area is 265 Å². The predicted octanol–water partition coefficient (Wildman–Crippen LogP) is 7.63. The number of ether oxygens (including phenoxy) is 2. The molecule has 8 nitrogen and oxygen atoms in total. The fourth-order valence-corrected chi connectivity index (χ4v) is 5.06. The third-order valence-electron chi connectivity index (χ3n) is 7.47. The van der Waals surface area contributed by atoms with Gasteiger partial charge in [0.1, 0.15) is 5.82 Å². The third kappa shape index (κ3) is 6.32. The van der Waals surface area contributed by atoms with Gasteiger partial charge in [-0.25, -0.2) is 4.98 Å². The molecule has 0 aliphatic carbocycles. The first-order valence-electron chi connectivity index (χ1n) is 14.5. The summed E-state index contributed by atoms with van der Waals surface area (Å²) in [6.45, 7) is 0. The highest BCUT2D eigenvalue weighted by Crippen LogP contribution is 2.29. The molecule has 0 atom stereocenters. The summed E-state index contributed by atoms with van der Waals surface area (Å²) in [6, 6.07) is 33.6. The van der Waals surface area contributed by atoms with E-state index in [-0.39, 0.29) is 17.5 Å². The van der Waals surface area contributed by atoms with Crippen LogP contribution in [0.5, 0.6) is 11.5 Å². The minimum absolute atomic E-state index is 0.0833. The Balaban J connectivity index is 1.17. The maximum absolute atomic E-state index is 13.4. The van der Waals surface area contributed by atoms with Crippen LogP contribution in [0.2, 0.25) is 0 Å². The number of ketones is 2. The Bertz CT molecular complexity index is 2100. The van der Waals surface area contributed by atoms with E-state index in [1.165, 1.54) is 6.08 Å². The van der Waals surface area contributed by atoms with E-state index in [1.807, 2.05) is 36.4 Å². The van der Waals surface area contributed by atoms with Crippen molar-refractivity contribution in [2.24, 2.45) is 0 Å². The summed E-state index contributed by atoms with van der Waals surface area (Å²) in [5.74, 6) is 1.09. The van der Waals surface area contributed by atoms with Crippen LogP contribution in [0.1, 0.15) is 42.2 Å². The van der Waals surface area contributed by atoms with Gasteiger partial charge in [-0.15, -0.1) is 0 Å². The van der Waals surface area contributed by atoms with Crippen molar-refractivity contribution < 1.29 is 23.9 Å². The number of nitrogens with one attached hydrogen (secondary N) is 2. The molecule has 6 aromatic rings. The fourth-order valence-electron chi connectivity index (χ4n) is 5.06. The summed E-state index contributed by atoms with van der Waals surface area (Å²) in [7, 11) is 3.12. The number of aromatic amines is 1. The van der Waals surface area contributed by atoms with E-state index in [2.05, 4.69) is 10.3 Å². The maximum atomic E-state index is 13.4. The number of carbonyl (C=O) groups is 3. The highest BCUT2D eigenvalue weighted by atomic mass is 16.5. The zero-order valence-corrected chi connectivity index (χ0v) is 25.1. The van der Waals surface area contributed by atoms with E-state index in [4.69, 9.17) is 14.5 Å². The molecule has 0 radical (unpaired) electrons. The molecular weight excluding hydrogens is 578 g/mol. The van der Waals surface area contributed by atoms with E-state index in [0.717, 1.165) is 5.56 Å². The van der Waals surface area contributed by atoms with Gasteiger partial charge in [-0.1, -0.05) is 60.7 Å². The van der Waals surface area contributed by atoms with Crippen molar-refractivity contribution >= 4 is 40.3 Å². The number of hydrogen-bond donors (Lipinski definition) is 2. The molecule has 46 heavy (non-hydrogen) atoms. The SMILES string of the molecule is COc1ccc(/C=C/C(=O)c2ccc(NC(=O)c3ccccc3-c3nc4ccc(C(=O)c5ccccc5)cc4[nH]3)cc2)cc1OC. The Kier molecular flexibility index (Phi) is 8.51. The van der Waals surface area contributed by atoms with E-state index in [0.29, 0.717) is 61.9 Å². The van der Waals surface area contributed by atoms with Crippen LogP contribution in [0, 0.1) is 0 Å². The highest BCUT2D eigenvalue weighted by Gasteiger charge is 2.17.